The van der Waals surface area contributed by atoms with Crippen molar-refractivity contribution >= 4 is 21.8 Å². The van der Waals surface area contributed by atoms with Crippen LogP contribution in [0.1, 0.15) is 22.3 Å². The van der Waals surface area contributed by atoms with Gasteiger partial charge in [0.2, 0.25) is 0 Å². The van der Waals surface area contributed by atoms with Gasteiger partial charge in [-0.05, 0) is 101 Å². The fourth-order valence-corrected chi connectivity index (χ4v) is 8.06. The molecule has 3 heterocycles. The number of fused-ring (bicyclic) bond motifs is 3. The summed E-state index contributed by atoms with van der Waals surface area (Å²) in [4.78, 5) is 19.6. The molecule has 0 fully saturated rings. The summed E-state index contributed by atoms with van der Waals surface area (Å²) in [5.74, 6) is 1.59. The summed E-state index contributed by atoms with van der Waals surface area (Å²) in [5, 5.41) is 41.3. The van der Waals surface area contributed by atoms with E-state index in [1.807, 2.05) is 97.2 Å². The van der Waals surface area contributed by atoms with E-state index in [1.54, 1.807) is 42.6 Å². The highest BCUT2D eigenvalue weighted by molar-refractivity contribution is 6.11. The van der Waals surface area contributed by atoms with Crippen LogP contribution in [0.15, 0.2) is 176 Å². The van der Waals surface area contributed by atoms with Crippen molar-refractivity contribution in [3.63, 3.8) is 0 Å². The molecule has 0 saturated heterocycles. The molecule has 9 nitrogen and oxygen atoms in total. The molecular formula is C54H29N9. The van der Waals surface area contributed by atoms with Gasteiger partial charge in [-0.15, -0.1) is 0 Å². The maximum Gasteiger partial charge on any atom is 0.164 e. The molecule has 290 valence electrons. The number of pyridine rings is 1. The first-order valence-corrected chi connectivity index (χ1v) is 19.9. The van der Waals surface area contributed by atoms with E-state index in [4.69, 9.17) is 15.0 Å². The Bertz CT molecular complexity index is 3350. The molecule has 0 saturated carbocycles. The van der Waals surface area contributed by atoms with Crippen molar-refractivity contribution < 1.29 is 0 Å². The van der Waals surface area contributed by atoms with Crippen molar-refractivity contribution in [3.05, 3.63) is 198 Å². The number of hydrogen-bond donors (Lipinski definition) is 0. The monoisotopic (exact) mass is 803 g/mol. The summed E-state index contributed by atoms with van der Waals surface area (Å²) in [6.07, 6.45) is 3.57. The first-order chi connectivity index (χ1) is 31.0. The van der Waals surface area contributed by atoms with Crippen LogP contribution in [0.4, 0.5) is 0 Å². The zero-order valence-corrected chi connectivity index (χ0v) is 33.3. The average molecular weight is 804 g/mol. The number of hydrogen-bond acceptors (Lipinski definition) is 8. The van der Waals surface area contributed by atoms with E-state index in [2.05, 4.69) is 70.2 Å². The average Bonchev–Trinajstić information content (AvgIpc) is 3.69. The molecule has 7 aromatic carbocycles. The molecule has 10 aromatic rings. The van der Waals surface area contributed by atoms with Gasteiger partial charge in [0.25, 0.3) is 0 Å². The molecule has 3 aromatic heterocycles. The largest absolute Gasteiger partial charge is 0.309 e. The third-order valence-electron chi connectivity index (χ3n) is 11.0. The molecule has 0 unspecified atom stereocenters. The molecular weight excluding hydrogens is 775 g/mol. The van der Waals surface area contributed by atoms with E-state index in [0.29, 0.717) is 39.7 Å². The van der Waals surface area contributed by atoms with Crippen LogP contribution in [0.25, 0.3) is 95.0 Å². The molecule has 0 aliphatic carbocycles. The lowest BCUT2D eigenvalue weighted by atomic mass is 9.98. The predicted octanol–water partition coefficient (Wildman–Crippen LogP) is 11.9. The van der Waals surface area contributed by atoms with Gasteiger partial charge >= 0.3 is 0 Å². The van der Waals surface area contributed by atoms with Gasteiger partial charge in [-0.3, -0.25) is 4.98 Å². The smallest absolute Gasteiger partial charge is 0.164 e. The standard InChI is InChI=1S/C54H29N9/c55-29-34-20-35(30-56)23-43(22-34)40-13-16-46-47-17-14-41(44-24-36(31-57)21-37(25-44)32-58)27-51(47)63(50(46)26-40)45-15-18-48(49(28-45)42-12-7-19-59-33-42)54-61-52(38-8-3-1-4-9-38)60-53(62-54)39-10-5-2-6-11-39/h1-28,33H. The fraction of sp³-hybridized carbons (Fsp3) is 0. The van der Waals surface area contributed by atoms with E-state index in [1.165, 1.54) is 0 Å². The second kappa shape index (κ2) is 15.9. The van der Waals surface area contributed by atoms with Gasteiger partial charge in [0, 0.05) is 51.1 Å². The first-order valence-electron chi connectivity index (χ1n) is 19.9. The lowest BCUT2D eigenvalue weighted by molar-refractivity contribution is 1.07. The van der Waals surface area contributed by atoms with Crippen molar-refractivity contribution in [1.82, 2.24) is 24.5 Å². The lowest BCUT2D eigenvalue weighted by Gasteiger charge is -2.16. The van der Waals surface area contributed by atoms with Gasteiger partial charge in [0.15, 0.2) is 17.5 Å². The molecule has 0 atom stereocenters. The molecule has 0 aliphatic rings. The Labute approximate surface area is 362 Å². The maximum atomic E-state index is 9.83. The summed E-state index contributed by atoms with van der Waals surface area (Å²) in [5.41, 5.74) is 11.5. The van der Waals surface area contributed by atoms with Crippen LogP contribution in [0.2, 0.25) is 0 Å². The first kappa shape index (κ1) is 37.7. The van der Waals surface area contributed by atoms with E-state index >= 15 is 0 Å². The molecule has 0 spiro atoms. The van der Waals surface area contributed by atoms with Crippen molar-refractivity contribution in [2.45, 2.75) is 0 Å². The Morgan fingerprint density at radius 2 is 0.841 bits per heavy atom. The van der Waals surface area contributed by atoms with Gasteiger partial charge in [-0.25, -0.2) is 15.0 Å². The second-order valence-electron chi connectivity index (χ2n) is 14.9. The molecule has 0 bridgehead atoms. The quantitative estimate of drug-likeness (QED) is 0.154. The van der Waals surface area contributed by atoms with Crippen molar-refractivity contribution in [3.8, 4) is 97.5 Å². The van der Waals surface area contributed by atoms with Crippen molar-refractivity contribution in [2.75, 3.05) is 0 Å². The molecule has 0 amide bonds. The van der Waals surface area contributed by atoms with E-state index < -0.39 is 0 Å². The van der Waals surface area contributed by atoms with E-state index in [9.17, 15) is 21.0 Å². The van der Waals surface area contributed by atoms with Crippen LogP contribution < -0.4 is 0 Å². The van der Waals surface area contributed by atoms with Crippen LogP contribution in [-0.2, 0) is 0 Å². The highest BCUT2D eigenvalue weighted by Crippen LogP contribution is 2.40. The van der Waals surface area contributed by atoms with Crippen LogP contribution in [-0.4, -0.2) is 24.5 Å². The lowest BCUT2D eigenvalue weighted by Crippen LogP contribution is -2.02. The Balaban J connectivity index is 1.25. The molecule has 0 N–H and O–H groups in total. The second-order valence-corrected chi connectivity index (χ2v) is 14.9. The minimum atomic E-state index is 0.395. The van der Waals surface area contributed by atoms with Crippen LogP contribution in [0.5, 0.6) is 0 Å². The number of rotatable bonds is 7. The third-order valence-corrected chi connectivity index (χ3v) is 11.0. The van der Waals surface area contributed by atoms with Gasteiger partial charge in [-0.1, -0.05) is 91.0 Å². The van der Waals surface area contributed by atoms with Crippen LogP contribution in [0, 0.1) is 45.3 Å². The van der Waals surface area contributed by atoms with Gasteiger partial charge in [-0.2, -0.15) is 21.0 Å². The Morgan fingerprint density at radius 1 is 0.365 bits per heavy atom. The summed E-state index contributed by atoms with van der Waals surface area (Å²) in [6, 6.07) is 61.3. The molecule has 10 rings (SSSR count). The summed E-state index contributed by atoms with van der Waals surface area (Å²) >= 11 is 0. The van der Waals surface area contributed by atoms with Gasteiger partial charge < -0.3 is 4.57 Å². The molecule has 9 heteroatoms. The number of aromatic nitrogens is 5. The maximum absolute atomic E-state index is 9.83. The Hall–Kier alpha value is -9.54. The van der Waals surface area contributed by atoms with E-state index in [0.717, 1.165) is 77.6 Å². The third kappa shape index (κ3) is 7.07. The zero-order chi connectivity index (χ0) is 42.9. The normalized spacial score (nSPS) is 10.8. The predicted molar refractivity (Wildman–Crippen MR) is 243 cm³/mol. The zero-order valence-electron chi connectivity index (χ0n) is 33.3. The molecule has 0 aliphatic heterocycles. The number of benzene rings is 7. The summed E-state index contributed by atoms with van der Waals surface area (Å²) in [7, 11) is 0. The Morgan fingerprint density at radius 3 is 1.30 bits per heavy atom. The molecule has 63 heavy (non-hydrogen) atoms. The van der Waals surface area contributed by atoms with Crippen LogP contribution >= 0.6 is 0 Å². The molecule has 0 radical (unpaired) electrons. The van der Waals surface area contributed by atoms with Crippen molar-refractivity contribution in [1.29, 1.82) is 21.0 Å². The minimum Gasteiger partial charge on any atom is -0.309 e. The summed E-state index contributed by atoms with van der Waals surface area (Å²) in [6.45, 7) is 0. The summed E-state index contributed by atoms with van der Waals surface area (Å²) < 4.78 is 2.19. The van der Waals surface area contributed by atoms with Crippen LogP contribution in [0.3, 0.4) is 0 Å². The van der Waals surface area contributed by atoms with Crippen molar-refractivity contribution in [2.24, 2.45) is 0 Å². The fourth-order valence-electron chi connectivity index (χ4n) is 8.06. The number of nitriles is 4. The highest BCUT2D eigenvalue weighted by Gasteiger charge is 2.20. The minimum absolute atomic E-state index is 0.395. The highest BCUT2D eigenvalue weighted by atomic mass is 15.0. The number of nitrogens with zero attached hydrogens (tertiary/aromatic N) is 9. The Kier molecular flexibility index (Phi) is 9.52. The van der Waals surface area contributed by atoms with Gasteiger partial charge in [0.05, 0.1) is 57.6 Å². The topological polar surface area (TPSA) is 152 Å². The SMILES string of the molecule is N#Cc1cc(C#N)cc(-c2ccc3c4ccc(-c5cc(C#N)cc(C#N)c5)cc4n(-c4ccc(-c5nc(-c6ccccc6)nc(-c6ccccc6)n5)c(-c5cccnc5)c4)c3c2)c1. The van der Waals surface area contributed by atoms with Gasteiger partial charge in [0.1, 0.15) is 0 Å². The van der Waals surface area contributed by atoms with E-state index in [-0.39, 0.29) is 0 Å².